The van der Waals surface area contributed by atoms with E-state index in [2.05, 4.69) is 20.3 Å². The second kappa shape index (κ2) is 7.58. The first-order chi connectivity index (χ1) is 9.96. The van der Waals surface area contributed by atoms with E-state index in [4.69, 9.17) is 4.74 Å². The number of thiazole rings is 1. The molecule has 1 aromatic rings. The number of carbonyl (C=O) groups is 2. The van der Waals surface area contributed by atoms with Gasteiger partial charge >= 0.3 is 5.97 Å². The van der Waals surface area contributed by atoms with Crippen molar-refractivity contribution in [2.45, 2.75) is 6.92 Å². The van der Waals surface area contributed by atoms with Crippen LogP contribution in [0.1, 0.15) is 16.6 Å². The molecule has 0 aliphatic heterocycles. The second-order valence-corrected chi connectivity index (χ2v) is 4.99. The number of rotatable bonds is 7. The third kappa shape index (κ3) is 3.91. The zero-order valence-electron chi connectivity index (χ0n) is 12.6. The molecular weight excluding hydrogens is 296 g/mol. The highest BCUT2D eigenvalue weighted by atomic mass is 32.1. The molecule has 0 aliphatic carbocycles. The molecule has 1 aromatic heterocycles. The van der Waals surface area contributed by atoms with Gasteiger partial charge in [-0.1, -0.05) is 16.5 Å². The number of esters is 1. The maximum atomic E-state index is 12.5. The number of carbonyl (C=O) groups excluding carboxylic acids is 2. The van der Waals surface area contributed by atoms with E-state index >= 15 is 0 Å². The molecule has 116 valence electrons. The summed E-state index contributed by atoms with van der Waals surface area (Å²) in [4.78, 5) is 35.1. The summed E-state index contributed by atoms with van der Waals surface area (Å²) in [7, 11) is 6.46. The van der Waals surface area contributed by atoms with Gasteiger partial charge in [0, 0.05) is 21.1 Å². The Hall–Kier alpha value is -2.16. The van der Waals surface area contributed by atoms with Crippen molar-refractivity contribution in [2.75, 3.05) is 45.1 Å². The Morgan fingerprint density at radius 3 is 2.57 bits per heavy atom. The SMILES string of the molecule is CCOC(=O)/C(=N\OC)C(=O)c1sc(NC)nc1N(C)C. The molecule has 1 rings (SSSR count). The summed E-state index contributed by atoms with van der Waals surface area (Å²) >= 11 is 1.13. The monoisotopic (exact) mass is 314 g/mol. The molecule has 0 aromatic carbocycles. The average Bonchev–Trinajstić information content (AvgIpc) is 2.88. The van der Waals surface area contributed by atoms with E-state index in [1.54, 1.807) is 33.0 Å². The molecule has 0 bridgehead atoms. The number of hydrogen-bond donors (Lipinski definition) is 1. The average molecular weight is 314 g/mol. The summed E-state index contributed by atoms with van der Waals surface area (Å²) < 4.78 is 4.82. The van der Waals surface area contributed by atoms with Gasteiger partial charge in [0.1, 0.15) is 12.0 Å². The van der Waals surface area contributed by atoms with Gasteiger partial charge in [0.2, 0.25) is 11.5 Å². The van der Waals surface area contributed by atoms with Crippen LogP contribution in [0.25, 0.3) is 0 Å². The van der Waals surface area contributed by atoms with Crippen molar-refractivity contribution in [1.82, 2.24) is 4.98 Å². The number of anilines is 2. The Labute approximate surface area is 126 Å². The fourth-order valence-electron chi connectivity index (χ4n) is 1.44. The van der Waals surface area contributed by atoms with Crippen molar-refractivity contribution < 1.29 is 19.2 Å². The summed E-state index contributed by atoms with van der Waals surface area (Å²) in [5, 5.41) is 6.91. The van der Waals surface area contributed by atoms with Crippen LogP contribution in [0, 0.1) is 0 Å². The van der Waals surface area contributed by atoms with Gasteiger partial charge < -0.3 is 19.8 Å². The van der Waals surface area contributed by atoms with Crippen LogP contribution < -0.4 is 10.2 Å². The van der Waals surface area contributed by atoms with Crippen molar-refractivity contribution in [3.8, 4) is 0 Å². The molecule has 0 unspecified atom stereocenters. The van der Waals surface area contributed by atoms with Crippen LogP contribution in [-0.2, 0) is 14.4 Å². The standard InChI is InChI=1S/C12H18N4O4S/c1-6-20-11(18)7(15-19-5)8(17)9-10(16(3)4)14-12(13-2)21-9/h6H2,1-5H3,(H,13,14)/b15-7-. The van der Waals surface area contributed by atoms with Crippen molar-refractivity contribution in [3.05, 3.63) is 4.88 Å². The number of oxime groups is 1. The van der Waals surface area contributed by atoms with Crippen LogP contribution in [-0.4, -0.2) is 57.3 Å². The van der Waals surface area contributed by atoms with Crippen LogP contribution in [0.3, 0.4) is 0 Å². The highest BCUT2D eigenvalue weighted by Gasteiger charge is 2.30. The smallest absolute Gasteiger partial charge is 0.364 e. The lowest BCUT2D eigenvalue weighted by Gasteiger charge is -2.10. The molecule has 0 saturated carbocycles. The third-order valence-electron chi connectivity index (χ3n) is 2.32. The van der Waals surface area contributed by atoms with E-state index in [0.29, 0.717) is 10.9 Å². The van der Waals surface area contributed by atoms with Gasteiger partial charge in [0.05, 0.1) is 6.61 Å². The van der Waals surface area contributed by atoms with Crippen LogP contribution >= 0.6 is 11.3 Å². The van der Waals surface area contributed by atoms with Gasteiger partial charge in [-0.2, -0.15) is 0 Å². The molecule has 0 fully saturated rings. The Morgan fingerprint density at radius 2 is 2.10 bits per heavy atom. The molecular formula is C12H18N4O4S. The van der Waals surface area contributed by atoms with Crippen LogP contribution in [0.15, 0.2) is 5.16 Å². The summed E-state index contributed by atoms with van der Waals surface area (Å²) in [6, 6.07) is 0. The van der Waals surface area contributed by atoms with Gasteiger partial charge in [0.15, 0.2) is 10.9 Å². The van der Waals surface area contributed by atoms with Gasteiger partial charge in [-0.25, -0.2) is 9.78 Å². The molecule has 0 aliphatic rings. The number of hydrogen-bond acceptors (Lipinski definition) is 9. The molecule has 0 amide bonds. The normalized spacial score (nSPS) is 11.0. The van der Waals surface area contributed by atoms with Gasteiger partial charge in [-0.15, -0.1) is 0 Å². The van der Waals surface area contributed by atoms with Crippen LogP contribution in [0.2, 0.25) is 0 Å². The van der Waals surface area contributed by atoms with E-state index in [0.717, 1.165) is 11.3 Å². The molecule has 0 saturated heterocycles. The van der Waals surface area contributed by atoms with E-state index in [1.165, 1.54) is 7.11 Å². The molecule has 8 nitrogen and oxygen atoms in total. The maximum Gasteiger partial charge on any atom is 0.364 e. The summed E-state index contributed by atoms with van der Waals surface area (Å²) in [5.74, 6) is -0.964. The summed E-state index contributed by atoms with van der Waals surface area (Å²) in [6.45, 7) is 1.78. The second-order valence-electron chi connectivity index (χ2n) is 3.99. The highest BCUT2D eigenvalue weighted by Crippen LogP contribution is 2.29. The first-order valence-electron chi connectivity index (χ1n) is 6.15. The summed E-state index contributed by atoms with van der Waals surface area (Å²) in [5.41, 5.74) is -0.409. The van der Waals surface area contributed by atoms with Gasteiger partial charge in [-0.05, 0) is 6.92 Å². The number of nitrogens with one attached hydrogen (secondary N) is 1. The number of aromatic nitrogens is 1. The number of ketones is 1. The zero-order valence-corrected chi connectivity index (χ0v) is 13.4. The van der Waals surface area contributed by atoms with Crippen molar-refractivity contribution in [1.29, 1.82) is 0 Å². The molecule has 0 atom stereocenters. The van der Waals surface area contributed by atoms with E-state index in [9.17, 15) is 9.59 Å². The third-order valence-corrected chi connectivity index (χ3v) is 3.38. The summed E-state index contributed by atoms with van der Waals surface area (Å²) in [6.07, 6.45) is 0. The Bertz CT molecular complexity index is 553. The number of nitrogens with zero attached hydrogens (tertiary/aromatic N) is 3. The van der Waals surface area contributed by atoms with Crippen molar-refractivity contribution in [2.24, 2.45) is 5.16 Å². The minimum Gasteiger partial charge on any atom is -0.461 e. The number of Topliss-reactive ketones (excluding diaryl/α,β-unsaturated/α-hetero) is 1. The minimum absolute atomic E-state index is 0.139. The molecule has 1 heterocycles. The largest absolute Gasteiger partial charge is 0.461 e. The van der Waals surface area contributed by atoms with Crippen molar-refractivity contribution in [3.63, 3.8) is 0 Å². The van der Waals surface area contributed by atoms with E-state index < -0.39 is 17.5 Å². The Balaban J connectivity index is 3.24. The fraction of sp³-hybridized carbons (Fsp3) is 0.500. The first-order valence-corrected chi connectivity index (χ1v) is 6.96. The predicted molar refractivity (Wildman–Crippen MR) is 81.4 cm³/mol. The van der Waals surface area contributed by atoms with Gasteiger partial charge in [-0.3, -0.25) is 4.79 Å². The first kappa shape index (κ1) is 16.9. The van der Waals surface area contributed by atoms with Crippen molar-refractivity contribution >= 4 is 39.8 Å². The quantitative estimate of drug-likeness (QED) is 0.264. The molecule has 9 heteroatoms. The van der Waals surface area contributed by atoms with Crippen LogP contribution in [0.4, 0.5) is 10.9 Å². The molecule has 21 heavy (non-hydrogen) atoms. The minimum atomic E-state index is -0.825. The lowest BCUT2D eigenvalue weighted by molar-refractivity contribution is -0.135. The van der Waals surface area contributed by atoms with Crippen LogP contribution in [0.5, 0.6) is 0 Å². The Morgan fingerprint density at radius 1 is 1.43 bits per heavy atom. The number of ether oxygens (including phenoxy) is 1. The molecule has 0 radical (unpaired) electrons. The highest BCUT2D eigenvalue weighted by molar-refractivity contribution is 7.19. The lowest BCUT2D eigenvalue weighted by atomic mass is 10.2. The maximum absolute atomic E-state index is 12.5. The Kier molecular flexibility index (Phi) is 6.10. The molecule has 0 spiro atoms. The van der Waals surface area contributed by atoms with E-state index in [1.807, 2.05) is 0 Å². The fourth-order valence-corrected chi connectivity index (χ4v) is 2.38. The topological polar surface area (TPSA) is 93.1 Å². The predicted octanol–water partition coefficient (Wildman–Crippen LogP) is 0.999. The lowest BCUT2D eigenvalue weighted by Crippen LogP contribution is -2.27. The zero-order chi connectivity index (χ0) is 16.0. The van der Waals surface area contributed by atoms with Gasteiger partial charge in [0.25, 0.3) is 0 Å². The van der Waals surface area contributed by atoms with E-state index in [-0.39, 0.29) is 11.5 Å². The molecule has 1 N–H and O–H groups in total.